The summed E-state index contributed by atoms with van der Waals surface area (Å²) < 4.78 is 4.59. The van der Waals surface area contributed by atoms with Crippen LogP contribution in [-0.4, -0.2) is 34.7 Å². The molecule has 2 saturated heterocycles. The number of cyclic esters (lactones) is 1. The summed E-state index contributed by atoms with van der Waals surface area (Å²) in [7, 11) is 0. The lowest BCUT2D eigenvalue weighted by Gasteiger charge is -2.43. The molecule has 2 heterocycles. The maximum atomic E-state index is 11.3. The summed E-state index contributed by atoms with van der Waals surface area (Å²) in [5, 5.41) is 12.5. The molecular weight excluding hydrogens is 174 g/mol. The average Bonchev–Trinajstić information content (AvgIpc) is 2.25. The number of carbonyl (C=O) groups excluding carboxylic acids is 2. The van der Waals surface area contributed by atoms with Gasteiger partial charge in [-0.05, 0) is 6.92 Å². The summed E-state index contributed by atoms with van der Waals surface area (Å²) in [6, 6.07) is 0. The molecule has 1 spiro atoms. The Labute approximate surface area is 75.1 Å². The molecule has 0 aromatic rings. The van der Waals surface area contributed by atoms with Crippen molar-refractivity contribution in [2.45, 2.75) is 25.0 Å². The smallest absolute Gasteiger partial charge is 0.338 e. The number of rotatable bonds is 0. The molecule has 0 aliphatic carbocycles. The van der Waals surface area contributed by atoms with Gasteiger partial charge in [0.15, 0.2) is 0 Å². The summed E-state index contributed by atoms with van der Waals surface area (Å²) in [5.41, 5.74) is -2.54. The Balaban J connectivity index is 2.42. The fraction of sp³-hybridized carbons (Fsp3) is 0.750. The van der Waals surface area contributed by atoms with Gasteiger partial charge in [0.25, 0.3) is 0 Å². The van der Waals surface area contributed by atoms with Crippen molar-refractivity contribution < 1.29 is 19.4 Å². The van der Waals surface area contributed by atoms with Crippen LogP contribution in [0, 0.1) is 5.92 Å². The van der Waals surface area contributed by atoms with Crippen molar-refractivity contribution in [2.24, 2.45) is 5.92 Å². The Morgan fingerprint density at radius 1 is 1.62 bits per heavy atom. The van der Waals surface area contributed by atoms with Crippen LogP contribution in [0.15, 0.2) is 0 Å². The molecule has 0 aromatic carbocycles. The highest BCUT2D eigenvalue weighted by Gasteiger charge is 2.69. The minimum Gasteiger partial charge on any atom is -0.460 e. The predicted octanol–water partition coefficient (Wildman–Crippen LogP) is -1.20. The first kappa shape index (κ1) is 8.50. The first-order valence-corrected chi connectivity index (χ1v) is 4.13. The highest BCUT2D eigenvalue weighted by Crippen LogP contribution is 2.41. The first-order chi connectivity index (χ1) is 5.92. The van der Waals surface area contributed by atoms with Gasteiger partial charge in [0.05, 0.1) is 5.92 Å². The number of carbonyl (C=O) groups is 2. The zero-order valence-electron chi connectivity index (χ0n) is 7.46. The predicted molar refractivity (Wildman–Crippen MR) is 41.6 cm³/mol. The summed E-state index contributed by atoms with van der Waals surface area (Å²) in [5.74, 6) is -1.43. The normalized spacial score (nSPS) is 48.7. The number of nitrogens with one attached hydrogen (secondary N) is 1. The second-order valence-electron chi connectivity index (χ2n) is 3.84. The lowest BCUT2D eigenvalue weighted by Crippen LogP contribution is -2.72. The Bertz CT molecular complexity index is 297. The maximum Gasteiger partial charge on any atom is 0.338 e. The second kappa shape index (κ2) is 2.04. The Hall–Kier alpha value is -1.10. The van der Waals surface area contributed by atoms with Crippen molar-refractivity contribution in [3.63, 3.8) is 0 Å². The van der Waals surface area contributed by atoms with Crippen molar-refractivity contribution in [3.8, 4) is 0 Å². The van der Waals surface area contributed by atoms with E-state index in [1.165, 1.54) is 6.92 Å². The molecule has 3 atom stereocenters. The fourth-order valence-corrected chi connectivity index (χ4v) is 1.79. The molecule has 2 aliphatic rings. The average molecular weight is 185 g/mol. The Kier molecular flexibility index (Phi) is 1.33. The molecule has 2 N–H and O–H groups in total. The monoisotopic (exact) mass is 185 g/mol. The first-order valence-electron chi connectivity index (χ1n) is 4.13. The number of aliphatic hydroxyl groups is 1. The van der Waals surface area contributed by atoms with Crippen molar-refractivity contribution >= 4 is 11.9 Å². The van der Waals surface area contributed by atoms with E-state index in [0.29, 0.717) is 0 Å². The molecule has 1 amide bonds. The maximum absolute atomic E-state index is 11.3. The molecular formula is C8H11NO4. The van der Waals surface area contributed by atoms with Crippen LogP contribution in [0.3, 0.4) is 0 Å². The van der Waals surface area contributed by atoms with E-state index < -0.39 is 23.0 Å². The number of hydrogen-bond acceptors (Lipinski definition) is 4. The standard InChI is InChI=1S/C8H11NO4/c1-4-5(10)9-8(7(4,2)12)3-13-6(8)11/h4,12H,3H2,1-2H3,(H,9,10)/t4-,7-,8+/m1/s1. The zero-order valence-corrected chi connectivity index (χ0v) is 7.46. The van der Waals surface area contributed by atoms with Gasteiger partial charge in [-0.15, -0.1) is 0 Å². The van der Waals surface area contributed by atoms with E-state index in [1.54, 1.807) is 6.92 Å². The number of amides is 1. The van der Waals surface area contributed by atoms with Gasteiger partial charge in [-0.2, -0.15) is 0 Å². The largest absolute Gasteiger partial charge is 0.460 e. The van der Waals surface area contributed by atoms with Gasteiger partial charge in [-0.1, -0.05) is 6.92 Å². The lowest BCUT2D eigenvalue weighted by atomic mass is 9.75. The van der Waals surface area contributed by atoms with Crippen LogP contribution >= 0.6 is 0 Å². The van der Waals surface area contributed by atoms with Crippen LogP contribution < -0.4 is 5.32 Å². The summed E-state index contributed by atoms with van der Waals surface area (Å²) in [6.07, 6.45) is 0. The Morgan fingerprint density at radius 3 is 2.38 bits per heavy atom. The summed E-state index contributed by atoms with van der Waals surface area (Å²) >= 11 is 0. The highest BCUT2D eigenvalue weighted by molar-refractivity contribution is 5.98. The van der Waals surface area contributed by atoms with E-state index in [-0.39, 0.29) is 12.5 Å². The van der Waals surface area contributed by atoms with Crippen LogP contribution in [0.25, 0.3) is 0 Å². The van der Waals surface area contributed by atoms with E-state index in [2.05, 4.69) is 10.1 Å². The molecule has 0 radical (unpaired) electrons. The lowest BCUT2D eigenvalue weighted by molar-refractivity contribution is -0.195. The zero-order chi connectivity index (χ0) is 9.85. The molecule has 72 valence electrons. The minimum atomic E-state index is -1.35. The van der Waals surface area contributed by atoms with E-state index in [9.17, 15) is 14.7 Å². The van der Waals surface area contributed by atoms with Crippen LogP contribution in [0.5, 0.6) is 0 Å². The van der Waals surface area contributed by atoms with Crippen LogP contribution in [-0.2, 0) is 14.3 Å². The molecule has 0 aromatic heterocycles. The quantitative estimate of drug-likeness (QED) is 0.465. The molecule has 0 bridgehead atoms. The third-order valence-corrected chi connectivity index (χ3v) is 3.21. The van der Waals surface area contributed by atoms with Crippen LogP contribution in [0.1, 0.15) is 13.8 Å². The minimum absolute atomic E-state index is 0.0644. The fourth-order valence-electron chi connectivity index (χ4n) is 1.79. The van der Waals surface area contributed by atoms with Crippen molar-refractivity contribution in [3.05, 3.63) is 0 Å². The van der Waals surface area contributed by atoms with Gasteiger partial charge in [0.1, 0.15) is 12.2 Å². The molecule has 5 nitrogen and oxygen atoms in total. The van der Waals surface area contributed by atoms with E-state index >= 15 is 0 Å². The van der Waals surface area contributed by atoms with Crippen molar-refractivity contribution in [1.29, 1.82) is 0 Å². The molecule has 13 heavy (non-hydrogen) atoms. The molecule has 0 saturated carbocycles. The molecule has 0 unspecified atom stereocenters. The van der Waals surface area contributed by atoms with Gasteiger partial charge < -0.3 is 15.2 Å². The number of hydrogen-bond donors (Lipinski definition) is 2. The molecule has 2 fully saturated rings. The van der Waals surface area contributed by atoms with Crippen LogP contribution in [0.2, 0.25) is 0 Å². The SMILES string of the molecule is C[C@@H]1C(=O)N[C@]2(COC2=O)[C@]1(C)O. The van der Waals surface area contributed by atoms with Crippen molar-refractivity contribution in [2.75, 3.05) is 6.61 Å². The van der Waals surface area contributed by atoms with Gasteiger partial charge >= 0.3 is 5.97 Å². The second-order valence-corrected chi connectivity index (χ2v) is 3.84. The topological polar surface area (TPSA) is 75.6 Å². The van der Waals surface area contributed by atoms with Gasteiger partial charge in [-0.25, -0.2) is 4.79 Å². The van der Waals surface area contributed by atoms with Crippen molar-refractivity contribution in [1.82, 2.24) is 5.32 Å². The van der Waals surface area contributed by atoms with E-state index in [4.69, 9.17) is 0 Å². The molecule has 5 heteroatoms. The van der Waals surface area contributed by atoms with Gasteiger partial charge in [0.2, 0.25) is 11.4 Å². The molecule has 2 rings (SSSR count). The van der Waals surface area contributed by atoms with E-state index in [1.807, 2.05) is 0 Å². The highest BCUT2D eigenvalue weighted by atomic mass is 16.6. The third-order valence-electron chi connectivity index (χ3n) is 3.21. The molecule has 2 aliphatic heterocycles. The van der Waals surface area contributed by atoms with Gasteiger partial charge in [0, 0.05) is 0 Å². The van der Waals surface area contributed by atoms with E-state index in [0.717, 1.165) is 0 Å². The number of esters is 1. The summed E-state index contributed by atoms with van der Waals surface area (Å²) in [4.78, 5) is 22.4. The number of ether oxygens (including phenoxy) is 1. The summed E-state index contributed by atoms with van der Waals surface area (Å²) in [6.45, 7) is 3.14. The van der Waals surface area contributed by atoms with Gasteiger partial charge in [-0.3, -0.25) is 4.79 Å². The third kappa shape index (κ3) is 0.709. The Morgan fingerprint density at radius 2 is 2.23 bits per heavy atom. The van der Waals surface area contributed by atoms with Crippen LogP contribution in [0.4, 0.5) is 0 Å².